The van der Waals surface area contributed by atoms with Crippen molar-refractivity contribution in [2.45, 2.75) is 22.9 Å². The quantitative estimate of drug-likeness (QED) is 0.329. The number of hydrogen-bond acceptors (Lipinski definition) is 3. The second-order valence-electron chi connectivity index (χ2n) is 8.24. The van der Waals surface area contributed by atoms with Gasteiger partial charge in [0.1, 0.15) is 0 Å². The number of amides is 2. The Morgan fingerprint density at radius 2 is 1.58 bits per heavy atom. The second-order valence-corrected chi connectivity index (χ2v) is 10.5. The molecule has 0 bridgehead atoms. The van der Waals surface area contributed by atoms with Crippen LogP contribution in [0.2, 0.25) is 10.0 Å². The lowest BCUT2D eigenvalue weighted by molar-refractivity contribution is 0.0947. The van der Waals surface area contributed by atoms with E-state index in [-0.39, 0.29) is 24.9 Å². The van der Waals surface area contributed by atoms with Crippen LogP contribution >= 0.6 is 23.2 Å². The first-order valence-electron chi connectivity index (χ1n) is 11.1. The van der Waals surface area contributed by atoms with E-state index in [2.05, 4.69) is 5.32 Å². The Kier molecular flexibility index (Phi) is 6.92. The number of rotatable bonds is 5. The molecular weight excluding hydrogens is 515 g/mol. The molecule has 0 radical (unpaired) electrons. The van der Waals surface area contributed by atoms with Gasteiger partial charge in [0.25, 0.3) is 11.8 Å². The molecule has 0 aromatic heterocycles. The highest BCUT2D eigenvalue weighted by molar-refractivity contribution is 7.85. The van der Waals surface area contributed by atoms with Gasteiger partial charge < -0.3 is 10.2 Å². The number of carbonyl (C=O) groups is 2. The maximum atomic E-state index is 13.7. The molecule has 1 heterocycles. The van der Waals surface area contributed by atoms with Crippen molar-refractivity contribution in [2.75, 3.05) is 4.90 Å². The van der Waals surface area contributed by atoms with Crippen LogP contribution in [0.5, 0.6) is 0 Å². The van der Waals surface area contributed by atoms with Crippen molar-refractivity contribution in [1.29, 1.82) is 0 Å². The Balaban J connectivity index is 1.53. The fraction of sp³-hybridized carbons (Fsp3) is 0.0714. The summed E-state index contributed by atoms with van der Waals surface area (Å²) in [6.07, 6.45) is 0. The second kappa shape index (κ2) is 10.3. The monoisotopic (exact) mass is 534 g/mol. The van der Waals surface area contributed by atoms with Gasteiger partial charge in [0.15, 0.2) is 0 Å². The number of carbonyl (C=O) groups excluding carboxylic acids is 2. The zero-order chi connectivity index (χ0) is 25.2. The van der Waals surface area contributed by atoms with Crippen LogP contribution in [0.1, 0.15) is 31.8 Å². The number of nitrogens with one attached hydrogen (secondary N) is 1. The Morgan fingerprint density at radius 3 is 2.36 bits per heavy atom. The molecule has 5 nitrogen and oxygen atoms in total. The van der Waals surface area contributed by atoms with Gasteiger partial charge >= 0.3 is 0 Å². The summed E-state index contributed by atoms with van der Waals surface area (Å²) in [7, 11) is -1.60. The molecule has 1 N–H and O–H groups in total. The zero-order valence-corrected chi connectivity index (χ0v) is 21.2. The Bertz CT molecular complexity index is 1510. The van der Waals surface area contributed by atoms with Gasteiger partial charge in [-0.2, -0.15) is 0 Å². The molecule has 4 aromatic rings. The van der Waals surface area contributed by atoms with Crippen LogP contribution < -0.4 is 10.2 Å². The highest BCUT2D eigenvalue weighted by Gasteiger charge is 2.31. The summed E-state index contributed by atoms with van der Waals surface area (Å²) in [6, 6.07) is 26.2. The number of nitrogens with zero attached hydrogens (tertiary/aromatic N) is 1. The number of benzene rings is 4. The average Bonchev–Trinajstić information content (AvgIpc) is 2.98. The van der Waals surface area contributed by atoms with Gasteiger partial charge in [-0.05, 0) is 59.7 Å². The third-order valence-corrected chi connectivity index (χ3v) is 8.05. The maximum absolute atomic E-state index is 13.7. The minimum absolute atomic E-state index is 0.221. The summed E-state index contributed by atoms with van der Waals surface area (Å²) in [5, 5.41) is 4.02. The van der Waals surface area contributed by atoms with Crippen molar-refractivity contribution in [3.05, 3.63) is 123 Å². The summed E-state index contributed by atoms with van der Waals surface area (Å²) in [6.45, 7) is 0.472. The van der Waals surface area contributed by atoms with Crippen LogP contribution in [-0.4, -0.2) is 16.0 Å². The van der Waals surface area contributed by atoms with Crippen molar-refractivity contribution >= 4 is 51.5 Å². The van der Waals surface area contributed by atoms with Gasteiger partial charge in [0, 0.05) is 22.2 Å². The van der Waals surface area contributed by atoms with Crippen LogP contribution in [0.25, 0.3) is 0 Å². The molecule has 0 unspecified atom stereocenters. The van der Waals surface area contributed by atoms with E-state index >= 15 is 0 Å². The largest absolute Gasteiger partial charge is 0.348 e. The van der Waals surface area contributed by atoms with Crippen LogP contribution in [-0.2, 0) is 23.9 Å². The fourth-order valence-electron chi connectivity index (χ4n) is 4.05. The third-order valence-electron chi connectivity index (χ3n) is 5.93. The average molecular weight is 535 g/mol. The molecule has 5 rings (SSSR count). The molecule has 1 aliphatic heterocycles. The number of fused-ring (bicyclic) bond motifs is 2. The lowest BCUT2D eigenvalue weighted by atomic mass is 10.1. The van der Waals surface area contributed by atoms with Gasteiger partial charge in [0.2, 0.25) is 0 Å². The highest BCUT2D eigenvalue weighted by atomic mass is 35.5. The molecule has 1 aliphatic rings. The molecule has 8 heteroatoms. The van der Waals surface area contributed by atoms with Gasteiger partial charge in [-0.25, -0.2) is 4.21 Å². The summed E-state index contributed by atoms with van der Waals surface area (Å²) >= 11 is 12.3. The summed E-state index contributed by atoms with van der Waals surface area (Å²) in [5.41, 5.74) is 2.77. The molecule has 180 valence electrons. The highest BCUT2D eigenvalue weighted by Crippen LogP contribution is 2.36. The van der Waals surface area contributed by atoms with Crippen molar-refractivity contribution in [3.63, 3.8) is 0 Å². The normalized spacial score (nSPS) is 14.6. The van der Waals surface area contributed by atoms with Gasteiger partial charge in [-0.3, -0.25) is 9.59 Å². The van der Waals surface area contributed by atoms with Crippen LogP contribution in [0.3, 0.4) is 0 Å². The molecule has 1 atom stereocenters. The molecule has 0 aliphatic carbocycles. The van der Waals surface area contributed by atoms with E-state index in [0.717, 1.165) is 11.1 Å². The topological polar surface area (TPSA) is 66.5 Å². The Morgan fingerprint density at radius 1 is 0.861 bits per heavy atom. The molecule has 36 heavy (non-hydrogen) atoms. The molecule has 4 aromatic carbocycles. The van der Waals surface area contributed by atoms with E-state index in [1.165, 1.54) is 0 Å². The first-order chi connectivity index (χ1) is 17.4. The third kappa shape index (κ3) is 4.80. The van der Waals surface area contributed by atoms with E-state index in [1.54, 1.807) is 65.6 Å². The molecule has 0 saturated heterocycles. The van der Waals surface area contributed by atoms with Crippen LogP contribution in [0.4, 0.5) is 5.69 Å². The van der Waals surface area contributed by atoms with E-state index in [0.29, 0.717) is 36.7 Å². The standard InChI is InChI=1S/C28H20Cl2N2O3S/c29-21-12-9-18(10-13-21)17-32-24-15-19(27(33)31-16-20-5-1-3-7-23(20)30)11-14-26(24)36(35)25-8-4-2-6-22(25)28(32)34/h1-15H,16-17H2,(H,31,33)/t36-/m0/s1. The molecule has 2 amide bonds. The van der Waals surface area contributed by atoms with Crippen molar-refractivity contribution in [3.8, 4) is 0 Å². The van der Waals surface area contributed by atoms with E-state index in [1.807, 2.05) is 30.3 Å². The molecule has 0 saturated carbocycles. The van der Waals surface area contributed by atoms with Gasteiger partial charge in [0.05, 0.1) is 38.4 Å². The lowest BCUT2D eigenvalue weighted by Crippen LogP contribution is -2.31. The minimum Gasteiger partial charge on any atom is -0.348 e. The Hall–Kier alpha value is -3.45. The SMILES string of the molecule is O=C(NCc1ccccc1Cl)c1ccc2c(c1)N(Cc1ccc(Cl)cc1)C(=O)c1ccccc1[S@@]2=O. The predicted molar refractivity (Wildman–Crippen MR) is 142 cm³/mol. The van der Waals surface area contributed by atoms with E-state index in [4.69, 9.17) is 23.2 Å². The van der Waals surface area contributed by atoms with Gasteiger partial charge in [-0.1, -0.05) is 65.7 Å². The first-order valence-corrected chi connectivity index (χ1v) is 13.1. The van der Waals surface area contributed by atoms with E-state index < -0.39 is 10.8 Å². The Labute approximate surface area is 221 Å². The van der Waals surface area contributed by atoms with Gasteiger partial charge in [-0.15, -0.1) is 0 Å². The maximum Gasteiger partial charge on any atom is 0.259 e. The van der Waals surface area contributed by atoms with Crippen molar-refractivity contribution in [2.24, 2.45) is 0 Å². The number of hydrogen-bond donors (Lipinski definition) is 1. The molecule has 0 fully saturated rings. The predicted octanol–water partition coefficient (Wildman–Crippen LogP) is 6.25. The minimum atomic E-state index is -1.60. The molecular formula is C28H20Cl2N2O3S. The summed E-state index contributed by atoms with van der Waals surface area (Å²) in [5.74, 6) is -0.620. The van der Waals surface area contributed by atoms with Crippen LogP contribution in [0.15, 0.2) is 101 Å². The van der Waals surface area contributed by atoms with Crippen molar-refractivity contribution < 1.29 is 13.8 Å². The first kappa shape index (κ1) is 24.3. The van der Waals surface area contributed by atoms with E-state index in [9.17, 15) is 13.8 Å². The zero-order valence-electron chi connectivity index (χ0n) is 18.9. The smallest absolute Gasteiger partial charge is 0.259 e. The lowest BCUT2D eigenvalue weighted by Gasteiger charge is -2.23. The van der Waals surface area contributed by atoms with Crippen molar-refractivity contribution in [1.82, 2.24) is 5.32 Å². The summed E-state index contributed by atoms with van der Waals surface area (Å²) < 4.78 is 13.5. The fourth-order valence-corrected chi connectivity index (χ4v) is 5.73. The number of anilines is 1. The number of halogens is 2. The van der Waals surface area contributed by atoms with Crippen LogP contribution in [0, 0.1) is 0 Å². The summed E-state index contributed by atoms with van der Waals surface area (Å²) in [4.78, 5) is 29.2. The molecule has 0 spiro atoms.